The standard InChI is InChI=1S/C12H16BrFN2O/c1-8(15)5-12(17)16(2)7-9-6-10(13)3-4-11(9)14/h3-4,6,8H,5,7,15H2,1-2H3. The molecule has 5 heteroatoms. The van der Waals surface area contributed by atoms with Gasteiger partial charge in [0.25, 0.3) is 0 Å². The Morgan fingerprint density at radius 2 is 2.24 bits per heavy atom. The first-order valence-corrected chi connectivity index (χ1v) is 6.13. The van der Waals surface area contributed by atoms with Crippen LogP contribution in [0.4, 0.5) is 4.39 Å². The number of hydrogen-bond acceptors (Lipinski definition) is 2. The van der Waals surface area contributed by atoms with Gasteiger partial charge in [-0.2, -0.15) is 0 Å². The van der Waals surface area contributed by atoms with Crippen LogP contribution in [-0.4, -0.2) is 23.9 Å². The third-order valence-corrected chi connectivity index (χ3v) is 2.83. The second-order valence-corrected chi connectivity index (χ2v) is 5.08. The van der Waals surface area contributed by atoms with Crippen molar-refractivity contribution in [1.82, 2.24) is 4.90 Å². The van der Waals surface area contributed by atoms with E-state index in [-0.39, 0.29) is 30.7 Å². The fourth-order valence-electron chi connectivity index (χ4n) is 1.44. The van der Waals surface area contributed by atoms with Crippen LogP contribution < -0.4 is 5.73 Å². The van der Waals surface area contributed by atoms with Crippen LogP contribution in [0.2, 0.25) is 0 Å². The molecular formula is C12H16BrFN2O. The Morgan fingerprint density at radius 1 is 1.59 bits per heavy atom. The summed E-state index contributed by atoms with van der Waals surface area (Å²) in [5.41, 5.74) is 6.04. The fraction of sp³-hybridized carbons (Fsp3) is 0.417. The van der Waals surface area contributed by atoms with Crippen molar-refractivity contribution in [3.8, 4) is 0 Å². The van der Waals surface area contributed by atoms with E-state index < -0.39 is 0 Å². The third kappa shape index (κ3) is 4.44. The number of amides is 1. The van der Waals surface area contributed by atoms with Crippen LogP contribution in [0.15, 0.2) is 22.7 Å². The Kier molecular flexibility index (Phi) is 5.08. The van der Waals surface area contributed by atoms with E-state index in [0.717, 1.165) is 4.47 Å². The van der Waals surface area contributed by atoms with Gasteiger partial charge in [0.15, 0.2) is 0 Å². The highest BCUT2D eigenvalue weighted by Crippen LogP contribution is 2.17. The van der Waals surface area contributed by atoms with Gasteiger partial charge in [-0.15, -0.1) is 0 Å². The monoisotopic (exact) mass is 302 g/mol. The van der Waals surface area contributed by atoms with Crippen molar-refractivity contribution in [2.24, 2.45) is 5.73 Å². The molecule has 0 bridgehead atoms. The first-order chi connectivity index (χ1) is 7.90. The maximum absolute atomic E-state index is 13.5. The molecule has 0 saturated carbocycles. The molecule has 1 amide bonds. The van der Waals surface area contributed by atoms with Crippen molar-refractivity contribution in [3.05, 3.63) is 34.1 Å². The molecule has 0 aliphatic rings. The number of benzene rings is 1. The minimum atomic E-state index is -0.311. The van der Waals surface area contributed by atoms with Gasteiger partial charge in [0.2, 0.25) is 5.91 Å². The molecule has 0 fully saturated rings. The van der Waals surface area contributed by atoms with Crippen molar-refractivity contribution in [3.63, 3.8) is 0 Å². The van der Waals surface area contributed by atoms with Crippen LogP contribution in [0.25, 0.3) is 0 Å². The molecule has 1 aromatic carbocycles. The van der Waals surface area contributed by atoms with Crippen molar-refractivity contribution in [2.45, 2.75) is 25.9 Å². The van der Waals surface area contributed by atoms with Gasteiger partial charge in [0.1, 0.15) is 5.82 Å². The number of halogens is 2. The SMILES string of the molecule is CC(N)CC(=O)N(C)Cc1cc(Br)ccc1F. The molecular weight excluding hydrogens is 287 g/mol. The summed E-state index contributed by atoms with van der Waals surface area (Å²) in [6, 6.07) is 4.49. The van der Waals surface area contributed by atoms with Crippen LogP contribution in [0, 0.1) is 5.82 Å². The lowest BCUT2D eigenvalue weighted by Gasteiger charge is -2.18. The second-order valence-electron chi connectivity index (χ2n) is 4.17. The first-order valence-electron chi connectivity index (χ1n) is 5.33. The maximum Gasteiger partial charge on any atom is 0.224 e. The van der Waals surface area contributed by atoms with Crippen molar-refractivity contribution in [2.75, 3.05) is 7.05 Å². The predicted octanol–water partition coefficient (Wildman–Crippen LogP) is 2.28. The van der Waals surface area contributed by atoms with Gasteiger partial charge in [0.05, 0.1) is 0 Å². The Hall–Kier alpha value is -0.940. The zero-order valence-electron chi connectivity index (χ0n) is 9.91. The number of rotatable bonds is 4. The number of carbonyl (C=O) groups excluding carboxylic acids is 1. The first kappa shape index (κ1) is 14.1. The van der Waals surface area contributed by atoms with E-state index in [9.17, 15) is 9.18 Å². The molecule has 0 aromatic heterocycles. The van der Waals surface area contributed by atoms with E-state index in [1.165, 1.54) is 11.0 Å². The molecule has 1 rings (SSSR count). The quantitative estimate of drug-likeness (QED) is 0.927. The molecule has 0 spiro atoms. The van der Waals surface area contributed by atoms with E-state index in [0.29, 0.717) is 5.56 Å². The maximum atomic E-state index is 13.5. The van der Waals surface area contributed by atoms with E-state index in [2.05, 4.69) is 15.9 Å². The Morgan fingerprint density at radius 3 is 2.82 bits per heavy atom. The molecule has 17 heavy (non-hydrogen) atoms. The molecule has 1 unspecified atom stereocenters. The lowest BCUT2D eigenvalue weighted by atomic mass is 10.2. The average Bonchev–Trinajstić information content (AvgIpc) is 2.22. The largest absolute Gasteiger partial charge is 0.341 e. The number of nitrogens with two attached hydrogens (primary N) is 1. The molecule has 3 nitrogen and oxygen atoms in total. The van der Waals surface area contributed by atoms with E-state index in [1.807, 2.05) is 0 Å². The number of carbonyl (C=O) groups is 1. The lowest BCUT2D eigenvalue weighted by molar-refractivity contribution is -0.130. The Balaban J connectivity index is 2.70. The summed E-state index contributed by atoms with van der Waals surface area (Å²) in [5.74, 6) is -0.395. The topological polar surface area (TPSA) is 46.3 Å². The summed E-state index contributed by atoms with van der Waals surface area (Å²) in [4.78, 5) is 13.1. The van der Waals surface area contributed by atoms with Crippen molar-refractivity contribution >= 4 is 21.8 Å². The van der Waals surface area contributed by atoms with Gasteiger partial charge in [-0.25, -0.2) is 4.39 Å². The van der Waals surface area contributed by atoms with E-state index in [4.69, 9.17) is 5.73 Å². The fourth-order valence-corrected chi connectivity index (χ4v) is 1.85. The van der Waals surface area contributed by atoms with Gasteiger partial charge in [-0.1, -0.05) is 15.9 Å². The minimum Gasteiger partial charge on any atom is -0.341 e. The van der Waals surface area contributed by atoms with Gasteiger partial charge >= 0.3 is 0 Å². The van der Waals surface area contributed by atoms with Crippen LogP contribution in [-0.2, 0) is 11.3 Å². The number of hydrogen-bond donors (Lipinski definition) is 1. The van der Waals surface area contributed by atoms with Gasteiger partial charge < -0.3 is 10.6 Å². The summed E-state index contributed by atoms with van der Waals surface area (Å²) < 4.78 is 14.3. The molecule has 0 heterocycles. The second kappa shape index (κ2) is 6.12. The minimum absolute atomic E-state index is 0.0839. The van der Waals surface area contributed by atoms with Crippen LogP contribution in [0.3, 0.4) is 0 Å². The van der Waals surface area contributed by atoms with Gasteiger partial charge in [0, 0.05) is 36.1 Å². The molecule has 0 aliphatic carbocycles. The predicted molar refractivity (Wildman–Crippen MR) is 68.8 cm³/mol. The summed E-state index contributed by atoms with van der Waals surface area (Å²) in [5, 5.41) is 0. The zero-order valence-corrected chi connectivity index (χ0v) is 11.5. The molecule has 94 valence electrons. The normalized spacial score (nSPS) is 12.3. The van der Waals surface area contributed by atoms with Gasteiger partial charge in [-0.3, -0.25) is 4.79 Å². The summed E-state index contributed by atoms with van der Waals surface area (Å²) in [6.07, 6.45) is 0.270. The lowest BCUT2D eigenvalue weighted by Crippen LogP contribution is -2.31. The van der Waals surface area contributed by atoms with Crippen molar-refractivity contribution < 1.29 is 9.18 Å². The highest BCUT2D eigenvalue weighted by Gasteiger charge is 2.13. The van der Waals surface area contributed by atoms with E-state index in [1.54, 1.807) is 26.1 Å². The summed E-state index contributed by atoms with van der Waals surface area (Å²) >= 11 is 3.27. The Labute approximate surface area is 109 Å². The number of nitrogens with zero attached hydrogens (tertiary/aromatic N) is 1. The average molecular weight is 303 g/mol. The van der Waals surface area contributed by atoms with Crippen LogP contribution >= 0.6 is 15.9 Å². The van der Waals surface area contributed by atoms with Crippen molar-refractivity contribution in [1.29, 1.82) is 0 Å². The zero-order chi connectivity index (χ0) is 13.0. The molecule has 2 N–H and O–H groups in total. The highest BCUT2D eigenvalue weighted by molar-refractivity contribution is 9.10. The highest BCUT2D eigenvalue weighted by atomic mass is 79.9. The molecule has 1 aromatic rings. The molecule has 1 atom stereocenters. The molecule has 0 saturated heterocycles. The molecule has 0 aliphatic heterocycles. The van der Waals surface area contributed by atoms with Gasteiger partial charge in [-0.05, 0) is 25.1 Å². The smallest absolute Gasteiger partial charge is 0.224 e. The van der Waals surface area contributed by atoms with E-state index >= 15 is 0 Å². The third-order valence-electron chi connectivity index (χ3n) is 2.34. The summed E-state index contributed by atoms with van der Waals surface area (Å²) in [7, 11) is 1.64. The van der Waals surface area contributed by atoms with Crippen LogP contribution in [0.5, 0.6) is 0 Å². The molecule has 0 radical (unpaired) electrons. The van der Waals surface area contributed by atoms with Crippen LogP contribution in [0.1, 0.15) is 18.9 Å². The Bertz CT molecular complexity index is 409. The summed E-state index contributed by atoms with van der Waals surface area (Å²) in [6.45, 7) is 2.02.